The van der Waals surface area contributed by atoms with Crippen LogP contribution in [0.15, 0.2) is 16.9 Å². The second-order valence-corrected chi connectivity index (χ2v) is 3.83. The standard InChI is InChI=1S/C10H14N4O2/c1-7(2)10-12-8(13-16-10)5-14-4-3-11-9(14)6-15/h3-4,7,15H,5-6H2,1-2H3. The Labute approximate surface area is 92.9 Å². The number of hydrogen-bond donors (Lipinski definition) is 1. The lowest BCUT2D eigenvalue weighted by atomic mass is 10.2. The van der Waals surface area contributed by atoms with Crippen LogP contribution in [0.4, 0.5) is 0 Å². The minimum absolute atomic E-state index is 0.0953. The Bertz CT molecular complexity index is 461. The zero-order valence-electron chi connectivity index (χ0n) is 9.29. The van der Waals surface area contributed by atoms with Gasteiger partial charge in [-0.2, -0.15) is 4.98 Å². The third-order valence-electron chi connectivity index (χ3n) is 2.23. The van der Waals surface area contributed by atoms with Crippen LogP contribution in [-0.4, -0.2) is 24.8 Å². The maximum absolute atomic E-state index is 9.03. The molecule has 0 aliphatic heterocycles. The molecular weight excluding hydrogens is 208 g/mol. The van der Waals surface area contributed by atoms with Crippen molar-refractivity contribution in [1.29, 1.82) is 0 Å². The summed E-state index contributed by atoms with van der Waals surface area (Å²) in [5.41, 5.74) is 0. The lowest BCUT2D eigenvalue weighted by Crippen LogP contribution is -2.05. The molecule has 0 fully saturated rings. The van der Waals surface area contributed by atoms with E-state index in [4.69, 9.17) is 9.63 Å². The molecule has 2 heterocycles. The summed E-state index contributed by atoms with van der Waals surface area (Å²) in [7, 11) is 0. The first kappa shape index (κ1) is 10.8. The maximum Gasteiger partial charge on any atom is 0.229 e. The summed E-state index contributed by atoms with van der Waals surface area (Å²) >= 11 is 0. The Hall–Kier alpha value is -1.69. The fraction of sp³-hybridized carbons (Fsp3) is 0.500. The largest absolute Gasteiger partial charge is 0.388 e. The van der Waals surface area contributed by atoms with Crippen molar-refractivity contribution in [2.24, 2.45) is 0 Å². The van der Waals surface area contributed by atoms with Crippen LogP contribution in [0, 0.1) is 0 Å². The zero-order valence-corrected chi connectivity index (χ0v) is 9.29. The molecule has 0 amide bonds. The fourth-order valence-electron chi connectivity index (χ4n) is 1.35. The van der Waals surface area contributed by atoms with E-state index in [0.29, 0.717) is 24.1 Å². The highest BCUT2D eigenvalue weighted by atomic mass is 16.5. The number of hydrogen-bond acceptors (Lipinski definition) is 5. The van der Waals surface area contributed by atoms with Gasteiger partial charge in [0, 0.05) is 18.3 Å². The van der Waals surface area contributed by atoms with Gasteiger partial charge in [-0.25, -0.2) is 4.98 Å². The molecule has 1 N–H and O–H groups in total. The van der Waals surface area contributed by atoms with Gasteiger partial charge in [0.1, 0.15) is 12.4 Å². The molecule has 0 aromatic carbocycles. The molecule has 0 atom stereocenters. The Morgan fingerprint density at radius 1 is 1.50 bits per heavy atom. The van der Waals surface area contributed by atoms with Crippen molar-refractivity contribution < 1.29 is 9.63 Å². The van der Waals surface area contributed by atoms with E-state index in [0.717, 1.165) is 0 Å². The van der Waals surface area contributed by atoms with E-state index in [2.05, 4.69) is 15.1 Å². The first-order valence-corrected chi connectivity index (χ1v) is 5.14. The summed E-state index contributed by atoms with van der Waals surface area (Å²) in [6.07, 6.45) is 3.41. The van der Waals surface area contributed by atoms with Crippen molar-refractivity contribution in [3.05, 3.63) is 29.9 Å². The van der Waals surface area contributed by atoms with Crippen LogP contribution in [0.3, 0.4) is 0 Å². The van der Waals surface area contributed by atoms with E-state index >= 15 is 0 Å². The fourth-order valence-corrected chi connectivity index (χ4v) is 1.35. The number of imidazole rings is 1. The maximum atomic E-state index is 9.03. The van der Waals surface area contributed by atoms with Gasteiger partial charge in [0.05, 0.1) is 6.54 Å². The summed E-state index contributed by atoms with van der Waals surface area (Å²) in [5.74, 6) is 2.04. The lowest BCUT2D eigenvalue weighted by molar-refractivity contribution is 0.265. The summed E-state index contributed by atoms with van der Waals surface area (Å²) in [6.45, 7) is 4.36. The molecule has 16 heavy (non-hydrogen) atoms. The van der Waals surface area contributed by atoms with Crippen molar-refractivity contribution in [3.63, 3.8) is 0 Å². The average Bonchev–Trinajstić information content (AvgIpc) is 2.87. The minimum Gasteiger partial charge on any atom is -0.388 e. The molecule has 0 aliphatic carbocycles. The summed E-state index contributed by atoms with van der Waals surface area (Å²) in [5, 5.41) is 12.9. The predicted molar refractivity (Wildman–Crippen MR) is 55.6 cm³/mol. The van der Waals surface area contributed by atoms with Crippen LogP contribution < -0.4 is 0 Å². The van der Waals surface area contributed by atoms with Crippen LogP contribution in [0.5, 0.6) is 0 Å². The topological polar surface area (TPSA) is 77.0 Å². The number of rotatable bonds is 4. The third kappa shape index (κ3) is 2.11. The van der Waals surface area contributed by atoms with E-state index in [-0.39, 0.29) is 12.5 Å². The Morgan fingerprint density at radius 2 is 2.31 bits per heavy atom. The molecule has 0 saturated carbocycles. The Balaban J connectivity index is 2.14. The van der Waals surface area contributed by atoms with Crippen LogP contribution in [-0.2, 0) is 13.2 Å². The number of aliphatic hydroxyl groups excluding tert-OH is 1. The molecule has 6 nitrogen and oxygen atoms in total. The van der Waals surface area contributed by atoms with Gasteiger partial charge in [-0.15, -0.1) is 0 Å². The summed E-state index contributed by atoms with van der Waals surface area (Å²) in [4.78, 5) is 8.25. The van der Waals surface area contributed by atoms with E-state index < -0.39 is 0 Å². The van der Waals surface area contributed by atoms with Gasteiger partial charge >= 0.3 is 0 Å². The third-order valence-corrected chi connectivity index (χ3v) is 2.23. The smallest absolute Gasteiger partial charge is 0.229 e. The zero-order chi connectivity index (χ0) is 11.5. The number of nitrogens with zero attached hydrogens (tertiary/aromatic N) is 4. The lowest BCUT2D eigenvalue weighted by Gasteiger charge is -2.01. The van der Waals surface area contributed by atoms with E-state index in [1.54, 1.807) is 17.0 Å². The molecular formula is C10H14N4O2. The quantitative estimate of drug-likeness (QED) is 0.832. The minimum atomic E-state index is -0.0953. The van der Waals surface area contributed by atoms with E-state index in [1.807, 2.05) is 13.8 Å². The molecule has 0 saturated heterocycles. The normalized spacial score (nSPS) is 11.2. The molecule has 0 radical (unpaired) electrons. The SMILES string of the molecule is CC(C)c1nc(Cn2ccnc2CO)no1. The highest BCUT2D eigenvalue weighted by molar-refractivity contribution is 4.97. The van der Waals surface area contributed by atoms with E-state index in [9.17, 15) is 0 Å². The first-order valence-electron chi connectivity index (χ1n) is 5.14. The molecule has 0 aliphatic rings. The molecule has 6 heteroatoms. The molecule has 2 aromatic rings. The predicted octanol–water partition coefficient (Wildman–Crippen LogP) is 0.930. The summed E-state index contributed by atoms with van der Waals surface area (Å²) < 4.78 is 6.88. The molecule has 2 rings (SSSR count). The van der Waals surface area contributed by atoms with Crippen LogP contribution in [0.1, 0.15) is 37.3 Å². The molecule has 86 valence electrons. The van der Waals surface area contributed by atoms with Gasteiger partial charge in [0.15, 0.2) is 5.82 Å². The molecule has 0 bridgehead atoms. The Morgan fingerprint density at radius 3 is 2.94 bits per heavy atom. The van der Waals surface area contributed by atoms with Gasteiger partial charge in [-0.05, 0) is 0 Å². The molecule has 2 aromatic heterocycles. The monoisotopic (exact) mass is 222 g/mol. The van der Waals surface area contributed by atoms with Crippen LogP contribution >= 0.6 is 0 Å². The highest BCUT2D eigenvalue weighted by Gasteiger charge is 2.11. The van der Waals surface area contributed by atoms with Crippen molar-refractivity contribution in [2.45, 2.75) is 32.9 Å². The first-order chi connectivity index (χ1) is 7.70. The van der Waals surface area contributed by atoms with E-state index in [1.165, 1.54) is 0 Å². The van der Waals surface area contributed by atoms with Gasteiger partial charge < -0.3 is 14.2 Å². The van der Waals surface area contributed by atoms with Crippen molar-refractivity contribution in [3.8, 4) is 0 Å². The van der Waals surface area contributed by atoms with Crippen LogP contribution in [0.25, 0.3) is 0 Å². The van der Waals surface area contributed by atoms with Gasteiger partial charge in [-0.3, -0.25) is 0 Å². The van der Waals surface area contributed by atoms with Gasteiger partial charge in [0.2, 0.25) is 5.89 Å². The van der Waals surface area contributed by atoms with Crippen molar-refractivity contribution >= 4 is 0 Å². The highest BCUT2D eigenvalue weighted by Crippen LogP contribution is 2.11. The van der Waals surface area contributed by atoms with Gasteiger partial charge in [-0.1, -0.05) is 19.0 Å². The second kappa shape index (κ2) is 4.44. The number of aromatic nitrogens is 4. The van der Waals surface area contributed by atoms with Crippen LogP contribution in [0.2, 0.25) is 0 Å². The second-order valence-electron chi connectivity index (χ2n) is 3.83. The van der Waals surface area contributed by atoms with Crippen molar-refractivity contribution in [1.82, 2.24) is 19.7 Å². The molecule has 0 unspecified atom stereocenters. The van der Waals surface area contributed by atoms with Crippen molar-refractivity contribution in [2.75, 3.05) is 0 Å². The Kier molecular flexibility index (Phi) is 3.00. The van der Waals surface area contributed by atoms with Gasteiger partial charge in [0.25, 0.3) is 0 Å². The molecule has 0 spiro atoms. The average molecular weight is 222 g/mol. The number of aliphatic hydroxyl groups is 1. The summed E-state index contributed by atoms with van der Waals surface area (Å²) in [6, 6.07) is 0.